The Morgan fingerprint density at radius 2 is 0.446 bits per heavy atom. The second-order valence-electron chi connectivity index (χ2n) is 17.2. The van der Waals surface area contributed by atoms with Gasteiger partial charge in [-0.15, -0.1) is 26.3 Å². The number of sulfonamides is 4. The molecule has 0 spiro atoms. The Morgan fingerprint density at radius 1 is 0.321 bits per heavy atom. The van der Waals surface area contributed by atoms with Crippen molar-refractivity contribution >= 4 is 40.1 Å². The molecule has 16 heteroatoms. The highest BCUT2D eigenvalue weighted by molar-refractivity contribution is 7.90. The van der Waals surface area contributed by atoms with Gasteiger partial charge in [-0.2, -0.15) is 0 Å². The molecule has 0 aliphatic rings. The van der Waals surface area contributed by atoms with E-state index in [0.717, 1.165) is 0 Å². The molecule has 0 aliphatic heterocycles. The molecule has 56 heavy (non-hydrogen) atoms. The van der Waals surface area contributed by atoms with Crippen LogP contribution in [0.5, 0.6) is 0 Å². The maximum absolute atomic E-state index is 11.3. The Hall–Kier alpha value is -1.40. The molecule has 0 radical (unpaired) electrons. The summed E-state index contributed by atoms with van der Waals surface area (Å²) in [7, 11) is -13.7. The van der Waals surface area contributed by atoms with E-state index in [0.29, 0.717) is 75.0 Å². The van der Waals surface area contributed by atoms with Crippen LogP contribution >= 0.6 is 0 Å². The summed E-state index contributed by atoms with van der Waals surface area (Å²) in [6.07, 6.45) is 11.8. The van der Waals surface area contributed by atoms with E-state index in [1.54, 1.807) is 24.3 Å². The van der Waals surface area contributed by atoms with Gasteiger partial charge in [0, 0.05) is 0 Å². The van der Waals surface area contributed by atoms with E-state index in [-0.39, 0.29) is 23.7 Å². The summed E-state index contributed by atoms with van der Waals surface area (Å²) in [6, 6.07) is 0. The largest absolute Gasteiger partial charge is 0.228 e. The number of hydrogen-bond donors (Lipinski definition) is 4. The molecule has 0 saturated carbocycles. The van der Waals surface area contributed by atoms with Crippen molar-refractivity contribution in [1.82, 2.24) is 0 Å². The molecule has 0 bridgehead atoms. The van der Waals surface area contributed by atoms with Crippen molar-refractivity contribution in [1.29, 1.82) is 0 Å². The van der Waals surface area contributed by atoms with Crippen molar-refractivity contribution in [3.8, 4) is 0 Å². The first-order valence-electron chi connectivity index (χ1n) is 19.6. The van der Waals surface area contributed by atoms with Crippen molar-refractivity contribution in [2.24, 2.45) is 67.9 Å². The molecule has 0 aromatic rings. The molecule has 8 atom stereocenters. The number of primary sulfonamides is 4. The summed E-state index contributed by atoms with van der Waals surface area (Å²) in [6.45, 7) is 38.3. The van der Waals surface area contributed by atoms with E-state index in [1.165, 1.54) is 0 Å². The van der Waals surface area contributed by atoms with Crippen LogP contribution in [0.2, 0.25) is 0 Å². The number of hydrogen-bond acceptors (Lipinski definition) is 8. The Kier molecular flexibility index (Phi) is 32.6. The van der Waals surface area contributed by atoms with Gasteiger partial charge in [-0.1, -0.05) is 107 Å². The summed E-state index contributed by atoms with van der Waals surface area (Å²) in [5.74, 6) is 2.14. The van der Waals surface area contributed by atoms with Gasteiger partial charge in [-0.05, 0) is 98.7 Å². The second-order valence-corrected chi connectivity index (χ2v) is 24.5. The lowest BCUT2D eigenvalue weighted by molar-refractivity contribution is 0.482. The van der Waals surface area contributed by atoms with Gasteiger partial charge >= 0.3 is 0 Å². The van der Waals surface area contributed by atoms with E-state index in [4.69, 9.17) is 20.6 Å². The van der Waals surface area contributed by atoms with Gasteiger partial charge in [-0.3, -0.25) is 0 Å². The maximum Gasteiger partial charge on any atom is 0.211 e. The fourth-order valence-corrected chi connectivity index (χ4v) is 10.5. The molecule has 0 aromatic carbocycles. The number of nitrogens with two attached hydrogens (primary N) is 4. The van der Waals surface area contributed by atoms with Gasteiger partial charge in [0.2, 0.25) is 40.1 Å². The highest BCUT2D eigenvalue weighted by Crippen LogP contribution is 2.22. The maximum atomic E-state index is 11.3. The van der Waals surface area contributed by atoms with Gasteiger partial charge in [0.25, 0.3) is 0 Å². The number of rotatable bonds is 24. The van der Waals surface area contributed by atoms with Gasteiger partial charge in [-0.25, -0.2) is 54.2 Å². The fraction of sp³-hybridized carbons (Fsp3) is 0.800. The zero-order valence-corrected chi connectivity index (χ0v) is 40.2. The van der Waals surface area contributed by atoms with Crippen LogP contribution in [0, 0.1) is 47.3 Å². The van der Waals surface area contributed by atoms with Crippen LogP contribution in [0.25, 0.3) is 0 Å². The molecule has 0 rings (SSSR count). The first-order chi connectivity index (χ1) is 25.1. The normalized spacial score (nSPS) is 16.6. The third-order valence-corrected chi connectivity index (χ3v) is 14.2. The summed E-state index contributed by atoms with van der Waals surface area (Å²) in [5.41, 5.74) is 0. The van der Waals surface area contributed by atoms with Gasteiger partial charge in [0.05, 0.1) is 21.0 Å². The molecule has 0 unspecified atom stereocenters. The molecular weight excluding hydrogens is 793 g/mol. The van der Waals surface area contributed by atoms with Crippen LogP contribution in [0.1, 0.15) is 134 Å². The lowest BCUT2D eigenvalue weighted by atomic mass is 9.99. The molecular formula is C40H84N4O8S4. The lowest BCUT2D eigenvalue weighted by Crippen LogP contribution is -2.31. The predicted molar refractivity (Wildman–Crippen MR) is 241 cm³/mol. The van der Waals surface area contributed by atoms with Crippen molar-refractivity contribution in [3.05, 3.63) is 50.6 Å². The van der Waals surface area contributed by atoms with Crippen molar-refractivity contribution in [2.75, 3.05) is 0 Å². The minimum atomic E-state index is -3.41. The number of allylic oxidation sites excluding steroid dienone is 4. The Balaban J connectivity index is -0.000000322. The Labute approximate surface area is 346 Å². The fourth-order valence-electron chi connectivity index (χ4n) is 5.60. The predicted octanol–water partition coefficient (Wildman–Crippen LogP) is 7.61. The Bertz CT molecular complexity index is 1310. The van der Waals surface area contributed by atoms with Crippen LogP contribution < -0.4 is 20.6 Å². The quantitative estimate of drug-likeness (QED) is 0.0702. The molecule has 0 amide bonds. The minimum absolute atomic E-state index is 0.192. The van der Waals surface area contributed by atoms with Gasteiger partial charge in [0.1, 0.15) is 0 Å². The highest BCUT2D eigenvalue weighted by atomic mass is 32.2. The third-order valence-electron chi connectivity index (χ3n) is 8.94. The van der Waals surface area contributed by atoms with Crippen LogP contribution in [0.3, 0.4) is 0 Å². The topological polar surface area (TPSA) is 241 Å². The summed E-state index contributed by atoms with van der Waals surface area (Å²) >= 11 is 0. The van der Waals surface area contributed by atoms with Crippen molar-refractivity contribution in [3.63, 3.8) is 0 Å². The van der Waals surface area contributed by atoms with E-state index in [9.17, 15) is 33.7 Å². The average Bonchev–Trinajstić information content (AvgIpc) is 3.01. The Morgan fingerprint density at radius 3 is 0.518 bits per heavy atom. The summed E-state index contributed by atoms with van der Waals surface area (Å²) < 4.78 is 90.1. The smallest absolute Gasteiger partial charge is 0.211 e. The van der Waals surface area contributed by atoms with Crippen molar-refractivity contribution in [2.45, 2.75) is 155 Å². The molecule has 0 aliphatic carbocycles. The van der Waals surface area contributed by atoms with Crippen molar-refractivity contribution < 1.29 is 33.7 Å². The highest BCUT2D eigenvalue weighted by Gasteiger charge is 2.26. The average molecular weight is 877 g/mol. The first kappa shape index (κ1) is 61.3. The van der Waals surface area contributed by atoms with Crippen LogP contribution in [-0.2, 0) is 40.1 Å². The van der Waals surface area contributed by atoms with E-state index >= 15 is 0 Å². The molecule has 8 N–H and O–H groups in total. The van der Waals surface area contributed by atoms with E-state index < -0.39 is 61.1 Å². The first-order valence-corrected chi connectivity index (χ1v) is 26.1. The molecule has 0 saturated heterocycles. The standard InChI is InChI=1S/4C10H21NO2S/c4*1-5-9(4)7-10(6-8(2)3)14(11,12)13/h4*5,8-10H,1,6-7H2,2-4H3,(H2,11,12,13)/t2*9-,10+;2*9-,10-/m1010/s1. The molecule has 0 fully saturated rings. The van der Waals surface area contributed by atoms with E-state index in [2.05, 4.69) is 26.3 Å². The van der Waals surface area contributed by atoms with Crippen LogP contribution in [0.4, 0.5) is 0 Å². The van der Waals surface area contributed by atoms with Gasteiger partial charge < -0.3 is 0 Å². The third kappa shape index (κ3) is 35.7. The zero-order chi connectivity index (χ0) is 45.4. The van der Waals surface area contributed by atoms with Crippen LogP contribution in [-0.4, -0.2) is 54.7 Å². The summed E-state index contributed by atoms with van der Waals surface area (Å²) in [4.78, 5) is 0. The lowest BCUT2D eigenvalue weighted by Gasteiger charge is -2.18. The summed E-state index contributed by atoms with van der Waals surface area (Å²) in [5, 5.41) is 18.9. The monoisotopic (exact) mass is 877 g/mol. The molecule has 0 heterocycles. The molecule has 12 nitrogen and oxygen atoms in total. The molecule has 336 valence electrons. The van der Waals surface area contributed by atoms with Gasteiger partial charge in [0.15, 0.2) is 0 Å². The zero-order valence-electron chi connectivity index (χ0n) is 36.9. The minimum Gasteiger partial charge on any atom is -0.228 e. The SMILES string of the molecule is C=C[C@@H](C)C[C@@H](CC(C)C)S(N)(=O)=O.C=C[C@@H](C)C[C@H](CC(C)C)S(N)(=O)=O.C=C[C@H](C)C[C@@H](CC(C)C)S(N)(=O)=O.C=C[C@H](C)C[C@H](CC(C)C)S(N)(=O)=O. The van der Waals surface area contributed by atoms with Crippen LogP contribution in [0.15, 0.2) is 50.6 Å². The van der Waals surface area contributed by atoms with E-state index in [1.807, 2.05) is 83.1 Å². The molecule has 0 aromatic heterocycles. The second kappa shape index (κ2) is 29.8.